The Hall–Kier alpha value is -1.36. The van der Waals surface area contributed by atoms with E-state index in [9.17, 15) is 0 Å². The van der Waals surface area contributed by atoms with Gasteiger partial charge in [0.25, 0.3) is 11.8 Å². The van der Waals surface area contributed by atoms with Crippen LogP contribution in [0, 0.1) is 0 Å². The van der Waals surface area contributed by atoms with Crippen molar-refractivity contribution in [1.82, 2.24) is 9.97 Å². The Kier molecular flexibility index (Phi) is 3.24. The Bertz CT molecular complexity index is 517. The second-order valence-corrected chi connectivity index (χ2v) is 3.72. The molecule has 84 valence electrons. The number of aromatic nitrogens is 2. The fourth-order valence-corrected chi connectivity index (χ4v) is 1.93. The van der Waals surface area contributed by atoms with Gasteiger partial charge in [0.15, 0.2) is 0 Å². The van der Waals surface area contributed by atoms with Crippen LogP contribution in [0.2, 0.25) is 0 Å². The number of hydrogen-bond acceptors (Lipinski definition) is 4. The maximum atomic E-state index is 5.13. The Morgan fingerprint density at radius 2 is 1.81 bits per heavy atom. The number of hydrogen-bond donors (Lipinski definition) is 0. The van der Waals surface area contributed by atoms with E-state index in [4.69, 9.17) is 9.47 Å². The van der Waals surface area contributed by atoms with E-state index >= 15 is 0 Å². The third-order valence-corrected chi connectivity index (χ3v) is 2.85. The summed E-state index contributed by atoms with van der Waals surface area (Å²) in [6.07, 6.45) is 0. The lowest BCUT2D eigenvalue weighted by molar-refractivity contribution is 0.334. The molecule has 0 N–H and O–H groups in total. The van der Waals surface area contributed by atoms with Gasteiger partial charge >= 0.3 is 0 Å². The molecule has 1 heterocycles. The Morgan fingerprint density at radius 3 is 2.44 bits per heavy atom. The quantitative estimate of drug-likeness (QED) is 0.812. The summed E-state index contributed by atoms with van der Waals surface area (Å²) in [6.45, 7) is 0. The van der Waals surface area contributed by atoms with Crippen molar-refractivity contribution in [2.45, 2.75) is 5.33 Å². The second kappa shape index (κ2) is 4.65. The first-order valence-corrected chi connectivity index (χ1v) is 5.86. The van der Waals surface area contributed by atoms with Crippen LogP contribution in [-0.2, 0) is 5.33 Å². The van der Waals surface area contributed by atoms with E-state index in [-0.39, 0.29) is 0 Å². The molecule has 2 aromatic rings. The number of ether oxygens (including phenoxy) is 2. The van der Waals surface area contributed by atoms with Crippen LogP contribution in [0.5, 0.6) is 11.8 Å². The first-order valence-electron chi connectivity index (χ1n) is 4.73. The lowest BCUT2D eigenvalue weighted by Gasteiger charge is -2.08. The molecule has 0 radical (unpaired) electrons. The SMILES string of the molecule is COc1nc2cccc(CBr)c2nc1OC. The Labute approximate surface area is 102 Å². The molecule has 5 heteroatoms. The van der Waals surface area contributed by atoms with E-state index in [2.05, 4.69) is 25.9 Å². The van der Waals surface area contributed by atoms with E-state index in [1.54, 1.807) is 14.2 Å². The summed E-state index contributed by atoms with van der Waals surface area (Å²) in [5.74, 6) is 0.810. The highest BCUT2D eigenvalue weighted by molar-refractivity contribution is 9.08. The summed E-state index contributed by atoms with van der Waals surface area (Å²) in [6, 6.07) is 5.84. The maximum absolute atomic E-state index is 5.13. The standard InChI is InChI=1S/C11H11BrN2O2/c1-15-10-11(16-2)14-9-7(6-12)4-3-5-8(9)13-10/h3-5H,6H2,1-2H3. The summed E-state index contributed by atoms with van der Waals surface area (Å²) in [5, 5.41) is 0.731. The maximum Gasteiger partial charge on any atom is 0.278 e. The van der Waals surface area contributed by atoms with Gasteiger partial charge in [-0.1, -0.05) is 28.1 Å². The molecule has 16 heavy (non-hydrogen) atoms. The van der Waals surface area contributed by atoms with Gasteiger partial charge in [0.2, 0.25) is 0 Å². The van der Waals surface area contributed by atoms with E-state index in [0.717, 1.165) is 21.9 Å². The molecular weight excluding hydrogens is 272 g/mol. The van der Waals surface area contributed by atoms with Crippen molar-refractivity contribution in [3.05, 3.63) is 23.8 Å². The third-order valence-electron chi connectivity index (χ3n) is 2.25. The molecule has 0 saturated carbocycles. The Balaban J connectivity index is 2.72. The zero-order valence-electron chi connectivity index (χ0n) is 9.03. The highest BCUT2D eigenvalue weighted by Gasteiger charge is 2.11. The van der Waals surface area contributed by atoms with Gasteiger partial charge < -0.3 is 9.47 Å². The fourth-order valence-electron chi connectivity index (χ4n) is 1.48. The predicted octanol–water partition coefficient (Wildman–Crippen LogP) is 2.54. The molecule has 0 aliphatic heterocycles. The van der Waals surface area contributed by atoms with Crippen molar-refractivity contribution in [2.75, 3.05) is 14.2 Å². The predicted molar refractivity (Wildman–Crippen MR) is 65.3 cm³/mol. The monoisotopic (exact) mass is 282 g/mol. The molecule has 2 rings (SSSR count). The molecular formula is C11H11BrN2O2. The summed E-state index contributed by atoms with van der Waals surface area (Å²) < 4.78 is 10.2. The van der Waals surface area contributed by atoms with Crippen LogP contribution >= 0.6 is 15.9 Å². The molecule has 0 spiro atoms. The van der Waals surface area contributed by atoms with Gasteiger partial charge in [-0.15, -0.1) is 0 Å². The van der Waals surface area contributed by atoms with Crippen LogP contribution in [0.4, 0.5) is 0 Å². The molecule has 0 saturated heterocycles. The molecule has 0 bridgehead atoms. The van der Waals surface area contributed by atoms with Gasteiger partial charge in [0.1, 0.15) is 0 Å². The molecule has 1 aromatic heterocycles. The van der Waals surface area contributed by atoms with Crippen LogP contribution in [0.15, 0.2) is 18.2 Å². The van der Waals surface area contributed by atoms with E-state index < -0.39 is 0 Å². The van der Waals surface area contributed by atoms with E-state index in [1.807, 2.05) is 18.2 Å². The van der Waals surface area contributed by atoms with Gasteiger partial charge in [-0.05, 0) is 11.6 Å². The third kappa shape index (κ3) is 1.82. The summed E-state index contributed by atoms with van der Waals surface area (Å²) >= 11 is 3.42. The average molecular weight is 283 g/mol. The number of para-hydroxylation sites is 1. The number of methoxy groups -OCH3 is 2. The van der Waals surface area contributed by atoms with Gasteiger partial charge in [-0.2, -0.15) is 0 Å². The minimum absolute atomic E-state index is 0.404. The Morgan fingerprint density at radius 1 is 1.12 bits per heavy atom. The second-order valence-electron chi connectivity index (χ2n) is 3.16. The minimum Gasteiger partial charge on any atom is -0.477 e. The lowest BCUT2D eigenvalue weighted by atomic mass is 10.2. The van der Waals surface area contributed by atoms with Crippen molar-refractivity contribution in [2.24, 2.45) is 0 Å². The smallest absolute Gasteiger partial charge is 0.278 e. The van der Waals surface area contributed by atoms with Crippen LogP contribution in [-0.4, -0.2) is 24.2 Å². The molecule has 0 unspecified atom stereocenters. The average Bonchev–Trinajstić information content (AvgIpc) is 2.36. The minimum atomic E-state index is 0.404. The molecule has 0 aliphatic rings. The van der Waals surface area contributed by atoms with Crippen molar-refractivity contribution in [3.8, 4) is 11.8 Å². The summed E-state index contributed by atoms with van der Waals surface area (Å²) in [5.41, 5.74) is 2.71. The molecule has 4 nitrogen and oxygen atoms in total. The van der Waals surface area contributed by atoms with Crippen molar-refractivity contribution in [1.29, 1.82) is 0 Å². The number of fused-ring (bicyclic) bond motifs is 1. The van der Waals surface area contributed by atoms with Gasteiger partial charge in [-0.25, -0.2) is 9.97 Å². The van der Waals surface area contributed by atoms with Gasteiger partial charge in [0.05, 0.1) is 25.3 Å². The van der Waals surface area contributed by atoms with Crippen LogP contribution in [0.1, 0.15) is 5.56 Å². The van der Waals surface area contributed by atoms with Crippen molar-refractivity contribution >= 4 is 27.0 Å². The lowest BCUT2D eigenvalue weighted by Crippen LogP contribution is -1.98. The first-order chi connectivity index (χ1) is 7.80. The normalized spacial score (nSPS) is 10.4. The first kappa shape index (κ1) is 11.1. The van der Waals surface area contributed by atoms with E-state index in [1.165, 1.54) is 0 Å². The van der Waals surface area contributed by atoms with Gasteiger partial charge in [-0.3, -0.25) is 0 Å². The molecule has 0 fully saturated rings. The molecule has 0 amide bonds. The van der Waals surface area contributed by atoms with Crippen molar-refractivity contribution < 1.29 is 9.47 Å². The van der Waals surface area contributed by atoms with Crippen LogP contribution in [0.25, 0.3) is 11.0 Å². The molecule has 1 aromatic carbocycles. The van der Waals surface area contributed by atoms with Crippen LogP contribution < -0.4 is 9.47 Å². The summed E-state index contributed by atoms with van der Waals surface area (Å²) in [7, 11) is 3.10. The largest absolute Gasteiger partial charge is 0.477 e. The topological polar surface area (TPSA) is 44.2 Å². The molecule has 0 atom stereocenters. The number of halogens is 1. The summed E-state index contributed by atoms with van der Waals surface area (Å²) in [4.78, 5) is 8.74. The van der Waals surface area contributed by atoms with Crippen LogP contribution in [0.3, 0.4) is 0 Å². The number of alkyl halides is 1. The fraction of sp³-hybridized carbons (Fsp3) is 0.273. The number of rotatable bonds is 3. The highest BCUT2D eigenvalue weighted by Crippen LogP contribution is 2.27. The molecule has 0 aliphatic carbocycles. The van der Waals surface area contributed by atoms with E-state index in [0.29, 0.717) is 11.8 Å². The van der Waals surface area contributed by atoms with Gasteiger partial charge in [0, 0.05) is 5.33 Å². The zero-order valence-corrected chi connectivity index (χ0v) is 10.6. The van der Waals surface area contributed by atoms with Crippen molar-refractivity contribution in [3.63, 3.8) is 0 Å². The number of nitrogens with zero attached hydrogens (tertiary/aromatic N) is 2. The number of benzene rings is 1. The highest BCUT2D eigenvalue weighted by atomic mass is 79.9. The zero-order chi connectivity index (χ0) is 11.5.